The molecule has 0 aliphatic rings. The Bertz CT molecular complexity index is 601. The van der Waals surface area contributed by atoms with E-state index in [4.69, 9.17) is 9.47 Å². The maximum absolute atomic E-state index is 12.2. The highest BCUT2D eigenvalue weighted by atomic mass is 79.9. The predicted molar refractivity (Wildman–Crippen MR) is 121 cm³/mol. The topological polar surface area (TPSA) is 52.6 Å². The first-order valence-corrected chi connectivity index (χ1v) is 12.0. The summed E-state index contributed by atoms with van der Waals surface area (Å²) in [4.78, 5) is 24.4. The van der Waals surface area contributed by atoms with E-state index >= 15 is 0 Å². The van der Waals surface area contributed by atoms with E-state index in [0.29, 0.717) is 28.8 Å². The number of carbonyl (C=O) groups is 2. The second kappa shape index (κ2) is 16.4. The van der Waals surface area contributed by atoms with Crippen molar-refractivity contribution in [2.75, 3.05) is 13.2 Å². The van der Waals surface area contributed by atoms with Gasteiger partial charge in [-0.25, -0.2) is 9.59 Å². The van der Waals surface area contributed by atoms with Crippen LogP contribution in [0.25, 0.3) is 0 Å². The monoisotopic (exact) mass is 468 g/mol. The molecule has 0 aliphatic heterocycles. The zero-order valence-corrected chi connectivity index (χ0v) is 19.7. The van der Waals surface area contributed by atoms with Crippen LogP contribution in [-0.4, -0.2) is 25.2 Å². The van der Waals surface area contributed by atoms with E-state index in [1.165, 1.54) is 51.4 Å². The van der Waals surface area contributed by atoms with Crippen LogP contribution in [0.3, 0.4) is 0 Å². The van der Waals surface area contributed by atoms with Gasteiger partial charge in [0.25, 0.3) is 0 Å². The quantitative estimate of drug-likeness (QED) is 0.186. The molecule has 0 N–H and O–H groups in total. The molecule has 0 bridgehead atoms. The fourth-order valence-corrected chi connectivity index (χ4v) is 3.60. The fourth-order valence-electron chi connectivity index (χ4n) is 3.06. The summed E-state index contributed by atoms with van der Waals surface area (Å²) >= 11 is 3.38. The Morgan fingerprint density at radius 2 is 1.21 bits per heavy atom. The Hall–Kier alpha value is -1.36. The standard InChI is InChI=1S/C24H37BrO4/c1-3-5-7-9-11-13-17-28-23(26)20-15-16-21(22(25)19-20)24(27)29-18-14-12-10-8-6-4-2/h15-16,19H,3-14,17-18H2,1-2H3. The molecule has 1 aromatic carbocycles. The molecule has 4 nitrogen and oxygen atoms in total. The summed E-state index contributed by atoms with van der Waals surface area (Å²) in [5.41, 5.74) is 0.874. The van der Waals surface area contributed by atoms with Crippen molar-refractivity contribution in [2.45, 2.75) is 90.9 Å². The van der Waals surface area contributed by atoms with Gasteiger partial charge in [0, 0.05) is 4.47 Å². The maximum Gasteiger partial charge on any atom is 0.339 e. The van der Waals surface area contributed by atoms with E-state index in [2.05, 4.69) is 29.8 Å². The van der Waals surface area contributed by atoms with Crippen molar-refractivity contribution in [3.8, 4) is 0 Å². The second-order valence-electron chi connectivity index (χ2n) is 7.50. The average Bonchev–Trinajstić information content (AvgIpc) is 2.72. The summed E-state index contributed by atoms with van der Waals surface area (Å²) < 4.78 is 11.2. The Labute approximate surface area is 184 Å². The van der Waals surface area contributed by atoms with Gasteiger partial charge in [0.1, 0.15) is 0 Å². The number of hydrogen-bond donors (Lipinski definition) is 0. The Balaban J connectivity index is 2.32. The molecule has 1 rings (SSSR count). The van der Waals surface area contributed by atoms with Crippen LogP contribution in [0.1, 0.15) is 112 Å². The molecule has 0 unspecified atom stereocenters. The van der Waals surface area contributed by atoms with Crippen molar-refractivity contribution in [3.63, 3.8) is 0 Å². The number of rotatable bonds is 16. The Morgan fingerprint density at radius 1 is 0.724 bits per heavy atom. The van der Waals surface area contributed by atoms with Crippen LogP contribution in [0.2, 0.25) is 0 Å². The molecular formula is C24H37BrO4. The zero-order valence-electron chi connectivity index (χ0n) is 18.1. The highest BCUT2D eigenvalue weighted by molar-refractivity contribution is 9.10. The lowest BCUT2D eigenvalue weighted by atomic mass is 10.1. The lowest BCUT2D eigenvalue weighted by Crippen LogP contribution is -2.10. The van der Waals surface area contributed by atoms with Crippen LogP contribution in [-0.2, 0) is 9.47 Å². The zero-order chi connectivity index (χ0) is 21.3. The van der Waals surface area contributed by atoms with E-state index in [1.54, 1.807) is 18.2 Å². The fraction of sp³-hybridized carbons (Fsp3) is 0.667. The van der Waals surface area contributed by atoms with Crippen LogP contribution < -0.4 is 0 Å². The molecule has 29 heavy (non-hydrogen) atoms. The van der Waals surface area contributed by atoms with Gasteiger partial charge in [-0.1, -0.05) is 78.1 Å². The van der Waals surface area contributed by atoms with Gasteiger partial charge in [0.15, 0.2) is 0 Å². The summed E-state index contributed by atoms with van der Waals surface area (Å²) in [6.07, 6.45) is 13.8. The molecule has 0 spiro atoms. The third-order valence-corrected chi connectivity index (χ3v) is 5.54. The largest absolute Gasteiger partial charge is 0.462 e. The van der Waals surface area contributed by atoms with Crippen molar-refractivity contribution in [2.24, 2.45) is 0 Å². The molecule has 0 radical (unpaired) electrons. The molecule has 0 aromatic heterocycles. The maximum atomic E-state index is 12.2. The van der Waals surface area contributed by atoms with E-state index in [-0.39, 0.29) is 11.9 Å². The van der Waals surface area contributed by atoms with Crippen molar-refractivity contribution < 1.29 is 19.1 Å². The highest BCUT2D eigenvalue weighted by Gasteiger charge is 2.15. The van der Waals surface area contributed by atoms with Crippen LogP contribution >= 0.6 is 15.9 Å². The molecule has 164 valence electrons. The first-order chi connectivity index (χ1) is 14.1. The van der Waals surface area contributed by atoms with Crippen molar-refractivity contribution in [1.29, 1.82) is 0 Å². The minimum Gasteiger partial charge on any atom is -0.462 e. The van der Waals surface area contributed by atoms with Gasteiger partial charge in [0.2, 0.25) is 0 Å². The van der Waals surface area contributed by atoms with Gasteiger partial charge >= 0.3 is 11.9 Å². The molecule has 0 heterocycles. The summed E-state index contributed by atoms with van der Waals surface area (Å²) in [7, 11) is 0. The molecule has 5 heteroatoms. The molecule has 1 aromatic rings. The third kappa shape index (κ3) is 11.4. The van der Waals surface area contributed by atoms with Crippen LogP contribution in [0.5, 0.6) is 0 Å². The van der Waals surface area contributed by atoms with Gasteiger partial charge in [-0.15, -0.1) is 0 Å². The second-order valence-corrected chi connectivity index (χ2v) is 8.36. The first kappa shape index (κ1) is 25.7. The predicted octanol–water partition coefficient (Wildman–Crippen LogP) is 7.48. The third-order valence-electron chi connectivity index (χ3n) is 4.89. The molecule has 0 fully saturated rings. The molecule has 0 aliphatic carbocycles. The van der Waals surface area contributed by atoms with E-state index < -0.39 is 0 Å². The van der Waals surface area contributed by atoms with Crippen LogP contribution in [0.4, 0.5) is 0 Å². The first-order valence-electron chi connectivity index (χ1n) is 11.2. The van der Waals surface area contributed by atoms with Crippen LogP contribution in [0, 0.1) is 0 Å². The Morgan fingerprint density at radius 3 is 1.72 bits per heavy atom. The average molecular weight is 469 g/mol. The molecule has 0 saturated carbocycles. The minimum absolute atomic E-state index is 0.355. The smallest absolute Gasteiger partial charge is 0.339 e. The summed E-state index contributed by atoms with van der Waals surface area (Å²) in [6.45, 7) is 5.25. The normalized spacial score (nSPS) is 10.7. The van der Waals surface area contributed by atoms with Gasteiger partial charge in [-0.3, -0.25) is 0 Å². The van der Waals surface area contributed by atoms with E-state index in [1.807, 2.05) is 0 Å². The number of halogens is 1. The van der Waals surface area contributed by atoms with Gasteiger partial charge in [-0.2, -0.15) is 0 Å². The van der Waals surface area contributed by atoms with Gasteiger partial charge in [0.05, 0.1) is 24.3 Å². The van der Waals surface area contributed by atoms with Crippen LogP contribution in [0.15, 0.2) is 22.7 Å². The van der Waals surface area contributed by atoms with E-state index in [9.17, 15) is 9.59 Å². The molecule has 0 atom stereocenters. The Kier molecular flexibility index (Phi) is 14.6. The lowest BCUT2D eigenvalue weighted by Gasteiger charge is -2.09. The summed E-state index contributed by atoms with van der Waals surface area (Å²) in [5, 5.41) is 0. The SMILES string of the molecule is CCCCCCCCOC(=O)c1ccc(C(=O)OCCCCCCCC)c(Br)c1. The number of unbranched alkanes of at least 4 members (excludes halogenated alkanes) is 10. The number of ether oxygens (including phenoxy) is 2. The summed E-state index contributed by atoms with van der Waals surface area (Å²) in [6, 6.07) is 4.87. The molecule has 0 amide bonds. The number of hydrogen-bond acceptors (Lipinski definition) is 4. The highest BCUT2D eigenvalue weighted by Crippen LogP contribution is 2.21. The number of esters is 2. The van der Waals surface area contributed by atoms with E-state index in [0.717, 1.165) is 25.7 Å². The summed E-state index contributed by atoms with van der Waals surface area (Å²) in [5.74, 6) is -0.719. The van der Waals surface area contributed by atoms with Gasteiger partial charge in [-0.05, 0) is 47.0 Å². The van der Waals surface area contributed by atoms with Gasteiger partial charge < -0.3 is 9.47 Å². The van der Waals surface area contributed by atoms with Crippen molar-refractivity contribution >= 4 is 27.9 Å². The molecule has 0 saturated heterocycles. The number of carbonyl (C=O) groups excluding carboxylic acids is 2. The van der Waals surface area contributed by atoms with Crippen molar-refractivity contribution in [3.05, 3.63) is 33.8 Å². The number of benzene rings is 1. The van der Waals surface area contributed by atoms with Crippen molar-refractivity contribution in [1.82, 2.24) is 0 Å². The minimum atomic E-state index is -0.363. The lowest BCUT2D eigenvalue weighted by molar-refractivity contribution is 0.0482. The molecular weight excluding hydrogens is 432 g/mol.